The number of methoxy groups -OCH3 is 1. The van der Waals surface area contributed by atoms with Gasteiger partial charge in [-0.3, -0.25) is 19.6 Å². The van der Waals surface area contributed by atoms with Crippen molar-refractivity contribution in [3.05, 3.63) is 77.1 Å². The van der Waals surface area contributed by atoms with Crippen molar-refractivity contribution < 1.29 is 37.7 Å². The number of aromatic nitrogens is 2. The van der Waals surface area contributed by atoms with E-state index in [1.807, 2.05) is 38.1 Å². The average molecular weight is 790 g/mol. The van der Waals surface area contributed by atoms with Gasteiger partial charge < -0.3 is 24.5 Å². The molecule has 0 bridgehead atoms. The summed E-state index contributed by atoms with van der Waals surface area (Å²) in [5, 5.41) is 15.3. The maximum absolute atomic E-state index is 14.7. The van der Waals surface area contributed by atoms with Crippen LogP contribution in [0.1, 0.15) is 103 Å². The van der Waals surface area contributed by atoms with Crippen LogP contribution in [-0.2, 0) is 38.4 Å². The first-order valence-electron chi connectivity index (χ1n) is 19.6. The van der Waals surface area contributed by atoms with Crippen LogP contribution in [0.25, 0.3) is 33.3 Å². The van der Waals surface area contributed by atoms with Gasteiger partial charge >= 0.3 is 12.1 Å². The number of hydrogen-bond donors (Lipinski definition) is 3. The first-order valence-corrected chi connectivity index (χ1v) is 19.6. The largest absolute Gasteiger partial charge is 0.468 e. The highest BCUT2D eigenvalue weighted by Gasteiger charge is 2.34. The van der Waals surface area contributed by atoms with E-state index in [4.69, 9.17) is 14.5 Å². The van der Waals surface area contributed by atoms with Crippen LogP contribution < -0.4 is 10.7 Å². The van der Waals surface area contributed by atoms with Gasteiger partial charge in [-0.2, -0.15) is 0 Å². The highest BCUT2D eigenvalue weighted by atomic mass is 19.3. The monoisotopic (exact) mass is 789 g/mol. The second kappa shape index (κ2) is 17.7. The summed E-state index contributed by atoms with van der Waals surface area (Å²) in [4.78, 5) is 44.2. The topological polar surface area (TPSA) is 135 Å². The van der Waals surface area contributed by atoms with Gasteiger partial charge in [-0.15, -0.1) is 0 Å². The summed E-state index contributed by atoms with van der Waals surface area (Å²) in [5.41, 5.74) is 7.90. The standard InChI is InChI=1S/C44H57F2N5O6/c1-10-50-36-16-15-28(23-32(36)33(24-44(7,8)25-52)38(50)31-13-11-17-47-37(31)26(2)3)29-19-27(20-30(22-29)39(45)46)21-35(48-42(55)57-43(4,5)6)40(53)51-18-12-14-34(49-51)41(54)56-9/h11,13,15-17,19-20,22-23,26,34-35,39,49,52H,10,12,14,18,21,24-25H2,1-9H3,(H,48,55)/t34-,35-/m0/s1. The Bertz CT molecular complexity index is 2090. The molecule has 0 aliphatic carbocycles. The molecule has 3 N–H and O–H groups in total. The molecule has 0 spiro atoms. The van der Waals surface area contributed by atoms with Crippen LogP contribution in [0.2, 0.25) is 0 Å². The number of hydrogen-bond acceptors (Lipinski definition) is 8. The predicted molar refractivity (Wildman–Crippen MR) is 217 cm³/mol. The van der Waals surface area contributed by atoms with Crippen molar-refractivity contribution in [2.45, 2.75) is 118 Å². The zero-order valence-electron chi connectivity index (χ0n) is 34.5. The van der Waals surface area contributed by atoms with Crippen LogP contribution >= 0.6 is 0 Å². The fourth-order valence-electron chi connectivity index (χ4n) is 7.49. The van der Waals surface area contributed by atoms with E-state index < -0.39 is 47.5 Å². The van der Waals surface area contributed by atoms with Crippen LogP contribution in [0.5, 0.6) is 0 Å². The molecule has 1 aliphatic rings. The number of rotatable bonds is 13. The van der Waals surface area contributed by atoms with E-state index in [0.29, 0.717) is 42.5 Å². The van der Waals surface area contributed by atoms with Gasteiger partial charge in [0.05, 0.1) is 18.5 Å². The number of alkyl carbamates (subject to hydrolysis) is 1. The van der Waals surface area contributed by atoms with Gasteiger partial charge in [0.15, 0.2) is 0 Å². The Hall–Kier alpha value is -4.88. The first kappa shape index (κ1) is 43.2. The lowest BCUT2D eigenvalue weighted by molar-refractivity contribution is -0.150. The van der Waals surface area contributed by atoms with Gasteiger partial charge in [0.25, 0.3) is 12.3 Å². The molecule has 1 saturated heterocycles. The molecule has 0 saturated carbocycles. The smallest absolute Gasteiger partial charge is 0.408 e. The minimum atomic E-state index is -2.82. The number of ether oxygens (including phenoxy) is 2. The van der Waals surface area contributed by atoms with E-state index in [1.54, 1.807) is 33.0 Å². The molecule has 57 heavy (non-hydrogen) atoms. The fourth-order valence-corrected chi connectivity index (χ4v) is 7.49. The molecule has 3 heterocycles. The van der Waals surface area contributed by atoms with E-state index in [2.05, 4.69) is 42.1 Å². The number of fused-ring (bicyclic) bond motifs is 1. The summed E-state index contributed by atoms with van der Waals surface area (Å²) in [6.45, 7) is 16.3. The molecule has 2 amide bonds. The summed E-state index contributed by atoms with van der Waals surface area (Å²) in [5.74, 6) is -0.934. The van der Waals surface area contributed by atoms with E-state index in [9.17, 15) is 28.3 Å². The molecular weight excluding hydrogens is 733 g/mol. The number of amides is 2. The number of aliphatic hydroxyl groups excluding tert-OH is 1. The number of hydrazine groups is 1. The normalized spacial score (nSPS) is 15.6. The van der Waals surface area contributed by atoms with Gasteiger partial charge in [-0.05, 0) is 111 Å². The number of aliphatic hydroxyl groups is 1. The third kappa shape index (κ3) is 10.2. The number of aryl methyl sites for hydroxylation is 1. The van der Waals surface area contributed by atoms with Crippen LogP contribution in [0, 0.1) is 5.41 Å². The Morgan fingerprint density at radius 1 is 1.05 bits per heavy atom. The van der Waals surface area contributed by atoms with Crippen LogP contribution in [0.15, 0.2) is 54.7 Å². The molecule has 2 atom stereocenters. The maximum atomic E-state index is 14.7. The quantitative estimate of drug-likeness (QED) is 0.116. The summed E-state index contributed by atoms with van der Waals surface area (Å²) in [7, 11) is 1.27. The molecule has 5 rings (SSSR count). The van der Waals surface area contributed by atoms with Crippen LogP contribution in [0.4, 0.5) is 13.6 Å². The second-order valence-electron chi connectivity index (χ2n) is 16.9. The van der Waals surface area contributed by atoms with Gasteiger partial charge in [0.1, 0.15) is 17.7 Å². The van der Waals surface area contributed by atoms with Gasteiger partial charge in [0.2, 0.25) is 0 Å². The summed E-state index contributed by atoms with van der Waals surface area (Å²) < 4.78 is 41.9. The molecule has 2 aromatic carbocycles. The highest BCUT2D eigenvalue weighted by molar-refractivity contribution is 5.95. The van der Waals surface area contributed by atoms with E-state index in [0.717, 1.165) is 33.4 Å². The zero-order valence-corrected chi connectivity index (χ0v) is 34.5. The Morgan fingerprint density at radius 2 is 1.79 bits per heavy atom. The molecule has 308 valence electrons. The zero-order chi connectivity index (χ0) is 41.8. The summed E-state index contributed by atoms with van der Waals surface area (Å²) >= 11 is 0. The van der Waals surface area contributed by atoms with Gasteiger partial charge in [0, 0.05) is 54.3 Å². The lowest BCUT2D eigenvalue weighted by atomic mass is 9.84. The van der Waals surface area contributed by atoms with Gasteiger partial charge in [-0.25, -0.2) is 19.0 Å². The van der Waals surface area contributed by atoms with Crippen molar-refractivity contribution in [2.75, 3.05) is 20.3 Å². The van der Waals surface area contributed by atoms with E-state index >= 15 is 0 Å². The first-order chi connectivity index (χ1) is 26.9. The number of halogens is 2. The number of benzene rings is 2. The van der Waals surface area contributed by atoms with Crippen molar-refractivity contribution in [3.63, 3.8) is 0 Å². The second-order valence-corrected chi connectivity index (χ2v) is 16.9. The Morgan fingerprint density at radius 3 is 2.42 bits per heavy atom. The van der Waals surface area contributed by atoms with Crippen LogP contribution in [-0.4, -0.2) is 75.6 Å². The lowest BCUT2D eigenvalue weighted by Gasteiger charge is -2.35. The molecule has 1 fully saturated rings. The molecule has 0 unspecified atom stereocenters. The molecule has 0 radical (unpaired) electrons. The third-order valence-corrected chi connectivity index (χ3v) is 10.2. The maximum Gasteiger partial charge on any atom is 0.408 e. The van der Waals surface area contributed by atoms with Gasteiger partial charge in [-0.1, -0.05) is 45.9 Å². The number of nitrogens with zero attached hydrogens (tertiary/aromatic N) is 3. The van der Waals surface area contributed by atoms with Crippen LogP contribution in [0.3, 0.4) is 0 Å². The number of carbonyl (C=O) groups is 3. The Balaban J connectivity index is 1.63. The van der Waals surface area contributed by atoms with E-state index in [1.165, 1.54) is 24.3 Å². The number of alkyl halides is 2. The molecule has 1 aliphatic heterocycles. The fraction of sp³-hybridized carbons (Fsp3) is 0.500. The Labute approximate surface area is 334 Å². The van der Waals surface area contributed by atoms with E-state index in [-0.39, 0.29) is 31.1 Å². The number of carbonyl (C=O) groups excluding carboxylic acids is 3. The summed E-state index contributed by atoms with van der Waals surface area (Å²) in [6, 6.07) is 12.5. The third-order valence-electron chi connectivity index (χ3n) is 10.2. The molecule has 2 aromatic heterocycles. The highest BCUT2D eigenvalue weighted by Crippen LogP contribution is 2.42. The number of pyridine rings is 1. The summed E-state index contributed by atoms with van der Waals surface area (Å²) in [6.07, 6.45) is -0.509. The minimum absolute atomic E-state index is 0.0394. The molecule has 4 aromatic rings. The van der Waals surface area contributed by atoms with Crippen molar-refractivity contribution in [1.29, 1.82) is 0 Å². The number of esters is 1. The van der Waals surface area contributed by atoms with Crippen molar-refractivity contribution in [1.82, 2.24) is 25.3 Å². The van der Waals surface area contributed by atoms with Crippen molar-refractivity contribution >= 4 is 28.9 Å². The minimum Gasteiger partial charge on any atom is -0.468 e. The molecule has 11 nitrogen and oxygen atoms in total. The lowest BCUT2D eigenvalue weighted by Crippen LogP contribution is -2.60. The van der Waals surface area contributed by atoms with Crippen molar-refractivity contribution in [2.24, 2.45) is 5.41 Å². The predicted octanol–water partition coefficient (Wildman–Crippen LogP) is 8.12. The van der Waals surface area contributed by atoms with Crippen molar-refractivity contribution in [3.8, 4) is 22.4 Å². The number of nitrogens with one attached hydrogen (secondary N) is 2. The Kier molecular flexibility index (Phi) is 13.4. The molecule has 13 heteroatoms. The average Bonchev–Trinajstić information content (AvgIpc) is 3.47. The molecular formula is C44H57F2N5O6. The SMILES string of the molecule is CCn1c(-c2cccnc2C(C)C)c(CC(C)(C)CO)c2cc(-c3cc(C[C@H](NC(=O)OC(C)(C)C)C(=O)N4CCC[C@@H](C(=O)OC)N4)cc(C(F)F)c3)ccc21.